The Bertz CT molecular complexity index is 777. The van der Waals surface area contributed by atoms with E-state index in [1.165, 1.54) is 11.7 Å². The van der Waals surface area contributed by atoms with Gasteiger partial charge >= 0.3 is 6.18 Å². The Kier molecular flexibility index (Phi) is 3.66. The minimum Gasteiger partial charge on any atom is -0.478 e. The minimum absolute atomic E-state index is 0.00662. The van der Waals surface area contributed by atoms with Gasteiger partial charge in [0.05, 0.1) is 16.0 Å². The number of carbonyl (C=O) groups excluding carboxylic acids is 1. The van der Waals surface area contributed by atoms with E-state index in [0.29, 0.717) is 0 Å². The molecule has 1 aliphatic rings. The van der Waals surface area contributed by atoms with Crippen molar-refractivity contribution in [3.05, 3.63) is 23.3 Å². The Balaban J connectivity index is 2.00. The molecule has 1 aliphatic heterocycles. The van der Waals surface area contributed by atoms with Crippen molar-refractivity contribution < 1.29 is 22.7 Å². The number of nitrogens with one attached hydrogen (secondary N) is 1. The molecule has 0 saturated heterocycles. The van der Waals surface area contributed by atoms with E-state index in [9.17, 15) is 18.0 Å². The summed E-state index contributed by atoms with van der Waals surface area (Å²) in [6, 6.07) is 1.95. The van der Waals surface area contributed by atoms with Crippen LogP contribution in [0.4, 0.5) is 19.1 Å². The normalized spacial score (nSPS) is 16.8. The lowest BCUT2D eigenvalue weighted by molar-refractivity contribution is -0.139. The first kappa shape index (κ1) is 15.6. The van der Waals surface area contributed by atoms with Gasteiger partial charge in [-0.1, -0.05) is 16.9 Å². The van der Waals surface area contributed by atoms with Gasteiger partial charge in [0.15, 0.2) is 0 Å². The molecule has 0 saturated carbocycles. The lowest BCUT2D eigenvalue weighted by atomic mass is 10.1. The molecule has 0 fully saturated rings. The summed E-state index contributed by atoms with van der Waals surface area (Å²) in [4.78, 5) is 12.2. The summed E-state index contributed by atoms with van der Waals surface area (Å²) in [5.74, 6) is -0.658. The molecule has 23 heavy (non-hydrogen) atoms. The van der Waals surface area contributed by atoms with Crippen LogP contribution < -0.4 is 10.1 Å². The van der Waals surface area contributed by atoms with Crippen LogP contribution in [0, 0.1) is 0 Å². The number of tetrazole rings is 1. The molecule has 2 heterocycles. The van der Waals surface area contributed by atoms with E-state index >= 15 is 0 Å². The van der Waals surface area contributed by atoms with E-state index < -0.39 is 23.1 Å². The van der Waals surface area contributed by atoms with Gasteiger partial charge in [-0.05, 0) is 29.5 Å². The molecule has 0 spiro atoms. The molecule has 1 amide bonds. The molecule has 122 valence electrons. The number of amides is 1. The Morgan fingerprint density at radius 3 is 2.78 bits per heavy atom. The van der Waals surface area contributed by atoms with Crippen LogP contribution in [0.5, 0.6) is 5.75 Å². The molecule has 1 unspecified atom stereocenters. The maximum Gasteiger partial charge on any atom is 0.417 e. The summed E-state index contributed by atoms with van der Waals surface area (Å²) in [5.41, 5.74) is -1.34. The van der Waals surface area contributed by atoms with Crippen LogP contribution in [0.2, 0.25) is 0 Å². The predicted molar refractivity (Wildman–Crippen MR) is 74.1 cm³/mol. The second kappa shape index (κ2) is 5.41. The highest BCUT2D eigenvalue weighted by Gasteiger charge is 2.39. The molecular formula is C12H10F3N5O2S. The summed E-state index contributed by atoms with van der Waals surface area (Å²) >= 11 is 0.919. The molecule has 0 radical (unpaired) electrons. The van der Waals surface area contributed by atoms with E-state index in [0.717, 1.165) is 23.9 Å². The number of fused-ring (bicyclic) bond motifs is 1. The van der Waals surface area contributed by atoms with E-state index in [-0.39, 0.29) is 22.2 Å². The zero-order chi connectivity index (χ0) is 16.8. The fourth-order valence-electron chi connectivity index (χ4n) is 2.06. The summed E-state index contributed by atoms with van der Waals surface area (Å²) in [6.07, 6.45) is -4.52. The summed E-state index contributed by atoms with van der Waals surface area (Å²) in [7, 11) is 1.52. The maximum atomic E-state index is 13.1. The van der Waals surface area contributed by atoms with E-state index in [4.69, 9.17) is 4.74 Å². The highest BCUT2D eigenvalue weighted by molar-refractivity contribution is 8.00. The quantitative estimate of drug-likeness (QED) is 0.899. The number of alkyl halides is 3. The number of aromatic nitrogens is 4. The smallest absolute Gasteiger partial charge is 0.417 e. The topological polar surface area (TPSA) is 81.9 Å². The first-order valence-corrected chi connectivity index (χ1v) is 7.26. The zero-order valence-electron chi connectivity index (χ0n) is 11.9. The molecule has 1 aromatic carbocycles. The summed E-state index contributed by atoms with van der Waals surface area (Å²) in [6.45, 7) is 1.61. The van der Waals surface area contributed by atoms with Gasteiger partial charge in [-0.25, -0.2) is 4.68 Å². The molecule has 1 N–H and O–H groups in total. The number of ether oxygens (including phenoxy) is 1. The Morgan fingerprint density at radius 2 is 2.17 bits per heavy atom. The van der Waals surface area contributed by atoms with Crippen molar-refractivity contribution in [3.8, 4) is 5.75 Å². The zero-order valence-corrected chi connectivity index (χ0v) is 12.7. The van der Waals surface area contributed by atoms with Crippen LogP contribution in [0.1, 0.15) is 22.8 Å². The molecule has 3 rings (SSSR count). The van der Waals surface area contributed by atoms with Gasteiger partial charge in [-0.15, -0.1) is 0 Å². The van der Waals surface area contributed by atoms with Crippen molar-refractivity contribution >= 4 is 23.6 Å². The molecule has 7 nitrogen and oxygen atoms in total. The standard InChI is InChI=1S/C12H10F3N5O2S/c1-5-22-8-6(10(21)16-11-17-18-19-20(11)2)3-4-7(9(8)23-5)12(13,14)15/h3-5H,1-2H3,(H,16,17,19,21). The molecule has 1 atom stereocenters. The predicted octanol–water partition coefficient (Wildman–Crippen LogP) is 2.31. The number of rotatable bonds is 2. The van der Waals surface area contributed by atoms with Gasteiger partial charge < -0.3 is 4.74 Å². The Morgan fingerprint density at radius 1 is 1.43 bits per heavy atom. The number of halogens is 3. The highest BCUT2D eigenvalue weighted by atomic mass is 32.2. The lowest BCUT2D eigenvalue weighted by Gasteiger charge is -2.13. The second-order valence-corrected chi connectivity index (χ2v) is 6.01. The van der Waals surface area contributed by atoms with E-state index in [1.54, 1.807) is 6.92 Å². The van der Waals surface area contributed by atoms with Gasteiger partial charge in [0, 0.05) is 7.05 Å². The third-order valence-corrected chi connectivity index (χ3v) is 4.14. The highest BCUT2D eigenvalue weighted by Crippen LogP contribution is 2.49. The summed E-state index contributed by atoms with van der Waals surface area (Å²) in [5, 5.41) is 12.9. The molecule has 2 aromatic rings. The van der Waals surface area contributed by atoms with Crippen LogP contribution >= 0.6 is 11.8 Å². The number of nitrogens with zero attached hydrogens (tertiary/aromatic N) is 4. The second-order valence-electron chi connectivity index (χ2n) is 4.70. The molecule has 11 heteroatoms. The molecular weight excluding hydrogens is 335 g/mol. The number of benzene rings is 1. The average Bonchev–Trinajstić information content (AvgIpc) is 3.01. The van der Waals surface area contributed by atoms with Crippen LogP contribution in [0.3, 0.4) is 0 Å². The van der Waals surface area contributed by atoms with Gasteiger partial charge in [-0.2, -0.15) is 13.2 Å². The van der Waals surface area contributed by atoms with E-state index in [1.807, 2.05) is 0 Å². The number of carbonyl (C=O) groups is 1. The Hall–Kier alpha value is -2.30. The third-order valence-electron chi connectivity index (χ3n) is 3.08. The van der Waals surface area contributed by atoms with Crippen molar-refractivity contribution in [3.63, 3.8) is 0 Å². The van der Waals surface area contributed by atoms with Gasteiger partial charge in [0.2, 0.25) is 5.95 Å². The third kappa shape index (κ3) is 2.83. The van der Waals surface area contributed by atoms with Gasteiger partial charge in [0.25, 0.3) is 5.91 Å². The van der Waals surface area contributed by atoms with Crippen LogP contribution in [-0.2, 0) is 13.2 Å². The Labute approximate surface area is 132 Å². The minimum atomic E-state index is -4.52. The van der Waals surface area contributed by atoms with Crippen molar-refractivity contribution in [2.75, 3.05) is 5.32 Å². The monoisotopic (exact) mass is 345 g/mol. The molecule has 1 aromatic heterocycles. The SMILES string of the molecule is CC1Oc2c(C(=O)Nc3nnnn3C)ccc(C(F)(F)F)c2S1. The van der Waals surface area contributed by atoms with Crippen molar-refractivity contribution in [2.45, 2.75) is 23.4 Å². The first-order valence-electron chi connectivity index (χ1n) is 6.38. The van der Waals surface area contributed by atoms with Crippen molar-refractivity contribution in [1.29, 1.82) is 0 Å². The number of hydrogen-bond acceptors (Lipinski definition) is 6. The average molecular weight is 345 g/mol. The molecule has 0 bridgehead atoms. The number of aryl methyl sites for hydroxylation is 1. The maximum absolute atomic E-state index is 13.1. The van der Waals surface area contributed by atoms with E-state index in [2.05, 4.69) is 20.8 Å². The van der Waals surface area contributed by atoms with Crippen LogP contribution in [-0.4, -0.2) is 31.6 Å². The molecule has 0 aliphatic carbocycles. The first-order chi connectivity index (χ1) is 10.8. The van der Waals surface area contributed by atoms with Gasteiger partial charge in [-0.3, -0.25) is 10.1 Å². The van der Waals surface area contributed by atoms with Crippen molar-refractivity contribution in [1.82, 2.24) is 20.2 Å². The number of hydrogen-bond donors (Lipinski definition) is 1. The number of anilines is 1. The fourth-order valence-corrected chi connectivity index (χ4v) is 3.11. The number of thioether (sulfide) groups is 1. The van der Waals surface area contributed by atoms with Crippen molar-refractivity contribution in [2.24, 2.45) is 7.05 Å². The van der Waals surface area contributed by atoms with Crippen LogP contribution in [0.25, 0.3) is 0 Å². The fraction of sp³-hybridized carbons (Fsp3) is 0.333. The lowest BCUT2D eigenvalue weighted by Crippen LogP contribution is -2.17. The summed E-state index contributed by atoms with van der Waals surface area (Å²) < 4.78 is 45.8. The van der Waals surface area contributed by atoms with Gasteiger partial charge in [0.1, 0.15) is 11.2 Å². The van der Waals surface area contributed by atoms with Crippen LogP contribution in [0.15, 0.2) is 17.0 Å². The largest absolute Gasteiger partial charge is 0.478 e.